The second-order valence-corrected chi connectivity index (χ2v) is 4.40. The van der Waals surface area contributed by atoms with E-state index in [1.165, 1.54) is 0 Å². The zero-order chi connectivity index (χ0) is 13.4. The lowest BCUT2D eigenvalue weighted by atomic mass is 9.96. The van der Waals surface area contributed by atoms with E-state index in [0.717, 1.165) is 19.3 Å². The molecule has 0 aliphatic rings. The molecule has 102 valence electrons. The van der Waals surface area contributed by atoms with Crippen molar-refractivity contribution >= 4 is 0 Å². The lowest BCUT2D eigenvalue weighted by molar-refractivity contribution is 0.197. The maximum Gasteiger partial charge on any atom is 0.235 e. The first-order valence-corrected chi connectivity index (χ1v) is 6.50. The third-order valence-corrected chi connectivity index (χ3v) is 2.96. The van der Waals surface area contributed by atoms with Gasteiger partial charge in [-0.15, -0.1) is 0 Å². The highest BCUT2D eigenvalue weighted by atomic mass is 16.5. The minimum atomic E-state index is -0.304. The van der Waals surface area contributed by atoms with Crippen LogP contribution in [0.1, 0.15) is 40.0 Å². The Kier molecular flexibility index (Phi) is 5.85. The van der Waals surface area contributed by atoms with E-state index in [9.17, 15) is 0 Å². The van der Waals surface area contributed by atoms with Crippen LogP contribution in [0.2, 0.25) is 0 Å². The normalized spacial score (nSPS) is 11.3. The maximum atomic E-state index is 6.16. The Labute approximate surface area is 109 Å². The molecule has 0 fully saturated rings. The van der Waals surface area contributed by atoms with Crippen LogP contribution in [0.3, 0.4) is 0 Å². The molecule has 0 saturated heterocycles. The van der Waals surface area contributed by atoms with E-state index >= 15 is 0 Å². The molecule has 1 rings (SSSR count). The quantitative estimate of drug-likeness (QED) is 0.768. The second-order valence-electron chi connectivity index (χ2n) is 4.40. The van der Waals surface area contributed by atoms with Gasteiger partial charge in [-0.05, 0) is 19.3 Å². The van der Waals surface area contributed by atoms with Gasteiger partial charge in [-0.1, -0.05) is 20.8 Å². The summed E-state index contributed by atoms with van der Waals surface area (Å²) < 4.78 is 11.0. The van der Waals surface area contributed by atoms with Crippen LogP contribution in [-0.4, -0.2) is 28.7 Å². The molecule has 1 aromatic rings. The topological polar surface area (TPSA) is 70.3 Å². The molecule has 5 nitrogen and oxygen atoms in total. The standard InChI is InChI=1S/C13H23N3O2/c1-4-7-17-11-8-15-9-12(16-11)18-10-13(14,5-2)6-3/h8-9H,4-7,10,14H2,1-3H3. The number of hydrogen-bond acceptors (Lipinski definition) is 5. The predicted octanol–water partition coefficient (Wildman–Crippen LogP) is 2.16. The zero-order valence-corrected chi connectivity index (χ0v) is 11.5. The van der Waals surface area contributed by atoms with Gasteiger partial charge in [0.25, 0.3) is 0 Å². The first-order chi connectivity index (χ1) is 8.63. The number of hydrogen-bond donors (Lipinski definition) is 1. The summed E-state index contributed by atoms with van der Waals surface area (Å²) in [5.74, 6) is 0.949. The van der Waals surface area contributed by atoms with E-state index in [2.05, 4.69) is 23.8 Å². The van der Waals surface area contributed by atoms with Crippen LogP contribution in [0.4, 0.5) is 0 Å². The van der Waals surface area contributed by atoms with E-state index < -0.39 is 0 Å². The molecular weight excluding hydrogens is 230 g/mol. The fourth-order valence-electron chi connectivity index (χ4n) is 1.35. The molecule has 5 heteroatoms. The number of nitrogens with zero attached hydrogens (tertiary/aromatic N) is 2. The molecule has 0 atom stereocenters. The van der Waals surface area contributed by atoms with Gasteiger partial charge >= 0.3 is 0 Å². The average Bonchev–Trinajstić information content (AvgIpc) is 2.43. The second kappa shape index (κ2) is 7.16. The largest absolute Gasteiger partial charge is 0.477 e. The van der Waals surface area contributed by atoms with Crippen LogP contribution in [-0.2, 0) is 0 Å². The van der Waals surface area contributed by atoms with Crippen LogP contribution in [0.15, 0.2) is 12.4 Å². The number of ether oxygens (including phenoxy) is 2. The SMILES string of the molecule is CCCOc1cncc(OCC(N)(CC)CC)n1. The number of rotatable bonds is 8. The molecule has 0 unspecified atom stereocenters. The highest BCUT2D eigenvalue weighted by molar-refractivity contribution is 5.12. The van der Waals surface area contributed by atoms with Crippen molar-refractivity contribution in [1.29, 1.82) is 0 Å². The molecule has 18 heavy (non-hydrogen) atoms. The minimum absolute atomic E-state index is 0.304. The minimum Gasteiger partial charge on any atom is -0.477 e. The van der Waals surface area contributed by atoms with Gasteiger partial charge in [0.2, 0.25) is 11.8 Å². The van der Waals surface area contributed by atoms with Gasteiger partial charge < -0.3 is 15.2 Å². The average molecular weight is 253 g/mol. The van der Waals surface area contributed by atoms with E-state index in [0.29, 0.717) is 25.0 Å². The van der Waals surface area contributed by atoms with E-state index in [1.807, 2.05) is 6.92 Å². The molecular formula is C13H23N3O2. The summed E-state index contributed by atoms with van der Waals surface area (Å²) in [4.78, 5) is 8.26. The van der Waals surface area contributed by atoms with Gasteiger partial charge in [-0.3, -0.25) is 4.98 Å². The summed E-state index contributed by atoms with van der Waals surface area (Å²) in [6.45, 7) is 7.21. The summed E-state index contributed by atoms with van der Waals surface area (Å²) in [7, 11) is 0. The summed E-state index contributed by atoms with van der Waals surface area (Å²) >= 11 is 0. The lowest BCUT2D eigenvalue weighted by Crippen LogP contribution is -2.44. The van der Waals surface area contributed by atoms with E-state index in [4.69, 9.17) is 15.2 Å². The number of nitrogens with two attached hydrogens (primary N) is 1. The Hall–Kier alpha value is -1.36. The predicted molar refractivity (Wildman–Crippen MR) is 70.8 cm³/mol. The lowest BCUT2D eigenvalue weighted by Gasteiger charge is -2.26. The maximum absolute atomic E-state index is 6.16. The molecule has 0 amide bonds. The van der Waals surface area contributed by atoms with Crippen LogP contribution in [0.25, 0.3) is 0 Å². The van der Waals surface area contributed by atoms with Crippen molar-refractivity contribution < 1.29 is 9.47 Å². The van der Waals surface area contributed by atoms with Gasteiger partial charge in [0.1, 0.15) is 6.61 Å². The highest BCUT2D eigenvalue weighted by Crippen LogP contribution is 2.16. The monoisotopic (exact) mass is 253 g/mol. The van der Waals surface area contributed by atoms with Crippen molar-refractivity contribution in [3.05, 3.63) is 12.4 Å². The van der Waals surface area contributed by atoms with Gasteiger partial charge in [0, 0.05) is 5.54 Å². The Morgan fingerprint density at radius 1 is 1.11 bits per heavy atom. The number of aromatic nitrogens is 2. The van der Waals surface area contributed by atoms with Crippen LogP contribution < -0.4 is 15.2 Å². The highest BCUT2D eigenvalue weighted by Gasteiger charge is 2.21. The Morgan fingerprint density at radius 3 is 2.28 bits per heavy atom. The van der Waals surface area contributed by atoms with Gasteiger partial charge in [-0.2, -0.15) is 4.98 Å². The van der Waals surface area contributed by atoms with Crippen molar-refractivity contribution in [2.75, 3.05) is 13.2 Å². The van der Waals surface area contributed by atoms with Crippen LogP contribution in [0.5, 0.6) is 11.8 Å². The molecule has 1 heterocycles. The smallest absolute Gasteiger partial charge is 0.235 e. The van der Waals surface area contributed by atoms with Crippen LogP contribution >= 0.6 is 0 Å². The van der Waals surface area contributed by atoms with Crippen molar-refractivity contribution in [2.24, 2.45) is 5.73 Å². The first-order valence-electron chi connectivity index (χ1n) is 6.50. The first kappa shape index (κ1) is 14.7. The molecule has 0 spiro atoms. The summed E-state index contributed by atoms with van der Waals surface area (Å²) in [6.07, 6.45) is 5.82. The Bertz CT molecular complexity index is 354. The Morgan fingerprint density at radius 2 is 1.72 bits per heavy atom. The van der Waals surface area contributed by atoms with Crippen molar-refractivity contribution in [2.45, 2.75) is 45.6 Å². The van der Waals surface area contributed by atoms with E-state index in [1.54, 1.807) is 12.4 Å². The molecule has 0 aromatic carbocycles. The molecule has 0 aliphatic carbocycles. The third-order valence-electron chi connectivity index (χ3n) is 2.96. The fourth-order valence-corrected chi connectivity index (χ4v) is 1.35. The van der Waals surface area contributed by atoms with E-state index in [-0.39, 0.29) is 5.54 Å². The molecule has 0 aliphatic heterocycles. The van der Waals surface area contributed by atoms with Crippen LogP contribution in [0, 0.1) is 0 Å². The molecule has 0 radical (unpaired) electrons. The van der Waals surface area contributed by atoms with Gasteiger partial charge in [0.05, 0.1) is 19.0 Å². The summed E-state index contributed by atoms with van der Waals surface area (Å²) in [5, 5.41) is 0. The zero-order valence-electron chi connectivity index (χ0n) is 11.5. The van der Waals surface area contributed by atoms with Gasteiger partial charge in [-0.25, -0.2) is 0 Å². The fraction of sp³-hybridized carbons (Fsp3) is 0.692. The Balaban J connectivity index is 2.56. The molecule has 2 N–H and O–H groups in total. The summed E-state index contributed by atoms with van der Waals surface area (Å²) in [6, 6.07) is 0. The van der Waals surface area contributed by atoms with Crippen molar-refractivity contribution in [3.63, 3.8) is 0 Å². The molecule has 0 bridgehead atoms. The molecule has 0 saturated carbocycles. The molecule has 1 aromatic heterocycles. The summed E-state index contributed by atoms with van der Waals surface area (Å²) in [5.41, 5.74) is 5.85. The van der Waals surface area contributed by atoms with Crippen molar-refractivity contribution in [3.8, 4) is 11.8 Å². The van der Waals surface area contributed by atoms with Crippen molar-refractivity contribution in [1.82, 2.24) is 9.97 Å². The van der Waals surface area contributed by atoms with Gasteiger partial charge in [0.15, 0.2) is 0 Å². The third kappa shape index (κ3) is 4.49.